The lowest BCUT2D eigenvalue weighted by atomic mass is 10.1. The van der Waals surface area contributed by atoms with Crippen LogP contribution in [0, 0.1) is 0 Å². The fraction of sp³-hybridized carbons (Fsp3) is 0.0769. The van der Waals surface area contributed by atoms with Gasteiger partial charge in [0.15, 0.2) is 6.04 Å². The van der Waals surface area contributed by atoms with Gasteiger partial charge in [0.2, 0.25) is 0 Å². The number of carboxylic acids is 1. The highest BCUT2D eigenvalue weighted by molar-refractivity contribution is 9.10. The molecule has 2 rings (SSSR count). The number of nitrogens with one attached hydrogen (secondary N) is 1. The van der Waals surface area contributed by atoms with E-state index in [0.29, 0.717) is 11.4 Å². The molecule has 2 N–H and O–H groups in total. The summed E-state index contributed by atoms with van der Waals surface area (Å²) in [6.07, 6.45) is 1.58. The van der Waals surface area contributed by atoms with Crippen molar-refractivity contribution in [2.75, 3.05) is 5.32 Å². The van der Waals surface area contributed by atoms with Gasteiger partial charge in [-0.1, -0.05) is 22.0 Å². The molecular formula is C13H10Br2N2O2. The predicted molar refractivity (Wildman–Crippen MR) is 80.1 cm³/mol. The highest BCUT2D eigenvalue weighted by atomic mass is 79.9. The third-order valence-electron chi connectivity index (χ3n) is 2.43. The van der Waals surface area contributed by atoms with E-state index < -0.39 is 12.0 Å². The summed E-state index contributed by atoms with van der Waals surface area (Å²) in [5.74, 6) is -0.977. The lowest BCUT2D eigenvalue weighted by Gasteiger charge is -2.15. The zero-order valence-electron chi connectivity index (χ0n) is 9.68. The van der Waals surface area contributed by atoms with E-state index in [1.165, 1.54) is 0 Å². The van der Waals surface area contributed by atoms with Crippen LogP contribution in [0.5, 0.6) is 0 Å². The normalized spacial score (nSPS) is 11.9. The third kappa shape index (κ3) is 3.78. The van der Waals surface area contributed by atoms with Crippen LogP contribution in [0.3, 0.4) is 0 Å². The molecule has 19 heavy (non-hydrogen) atoms. The van der Waals surface area contributed by atoms with Crippen molar-refractivity contribution in [3.8, 4) is 0 Å². The van der Waals surface area contributed by atoms with Crippen LogP contribution in [-0.2, 0) is 4.79 Å². The summed E-state index contributed by atoms with van der Waals surface area (Å²) in [6.45, 7) is 0. The molecule has 1 aromatic heterocycles. The Balaban J connectivity index is 2.26. The fourth-order valence-electron chi connectivity index (χ4n) is 1.57. The van der Waals surface area contributed by atoms with Gasteiger partial charge >= 0.3 is 5.97 Å². The average Bonchev–Trinajstić information content (AvgIpc) is 2.37. The van der Waals surface area contributed by atoms with Gasteiger partial charge in [-0.15, -0.1) is 0 Å². The monoisotopic (exact) mass is 384 g/mol. The molecule has 1 heterocycles. The van der Waals surface area contributed by atoms with E-state index in [4.69, 9.17) is 0 Å². The number of rotatable bonds is 4. The molecule has 0 saturated carbocycles. The van der Waals surface area contributed by atoms with Gasteiger partial charge in [0, 0.05) is 20.8 Å². The largest absolute Gasteiger partial charge is 0.479 e. The number of pyridine rings is 1. The van der Waals surface area contributed by atoms with Crippen molar-refractivity contribution in [3.63, 3.8) is 0 Å². The molecule has 0 amide bonds. The summed E-state index contributed by atoms with van der Waals surface area (Å²) >= 11 is 6.62. The topological polar surface area (TPSA) is 62.2 Å². The van der Waals surface area contributed by atoms with Crippen LogP contribution in [0.15, 0.2) is 51.5 Å². The Hall–Kier alpha value is -1.40. The number of aliphatic carboxylic acids is 1. The summed E-state index contributed by atoms with van der Waals surface area (Å²) in [5.41, 5.74) is 1.17. The minimum atomic E-state index is -0.977. The van der Waals surface area contributed by atoms with Crippen LogP contribution in [0.25, 0.3) is 0 Å². The van der Waals surface area contributed by atoms with Crippen LogP contribution in [0.2, 0.25) is 0 Å². The van der Waals surface area contributed by atoms with Gasteiger partial charge in [-0.3, -0.25) is 4.98 Å². The predicted octanol–water partition coefficient (Wildman–Crippen LogP) is 3.84. The first-order chi connectivity index (χ1) is 9.06. The van der Waals surface area contributed by atoms with Gasteiger partial charge in [0.05, 0.1) is 5.69 Å². The van der Waals surface area contributed by atoms with Crippen molar-refractivity contribution in [2.45, 2.75) is 6.04 Å². The molecule has 0 bridgehead atoms. The van der Waals surface area contributed by atoms with Crippen molar-refractivity contribution in [1.29, 1.82) is 0 Å². The molecule has 1 atom stereocenters. The minimum absolute atomic E-state index is 0.454. The minimum Gasteiger partial charge on any atom is -0.479 e. The second-order valence-electron chi connectivity index (χ2n) is 3.83. The Kier molecular flexibility index (Phi) is 4.55. The number of hydrogen-bond donors (Lipinski definition) is 2. The van der Waals surface area contributed by atoms with Crippen molar-refractivity contribution in [3.05, 3.63) is 57.2 Å². The smallest absolute Gasteiger partial charge is 0.332 e. The summed E-state index contributed by atoms with van der Waals surface area (Å²) in [7, 11) is 0. The maximum atomic E-state index is 11.3. The lowest BCUT2D eigenvalue weighted by Crippen LogP contribution is -2.21. The Labute approximate surface area is 127 Å². The van der Waals surface area contributed by atoms with E-state index in [0.717, 1.165) is 8.95 Å². The highest BCUT2D eigenvalue weighted by Crippen LogP contribution is 2.22. The molecule has 1 unspecified atom stereocenters. The molecule has 2 aromatic rings. The molecule has 0 saturated heterocycles. The van der Waals surface area contributed by atoms with Gasteiger partial charge in [0.1, 0.15) is 0 Å². The average molecular weight is 386 g/mol. The molecule has 6 heteroatoms. The number of aromatic nitrogens is 1. The van der Waals surface area contributed by atoms with Gasteiger partial charge in [-0.2, -0.15) is 0 Å². The maximum absolute atomic E-state index is 11.3. The number of anilines is 1. The van der Waals surface area contributed by atoms with Crippen molar-refractivity contribution >= 4 is 43.5 Å². The van der Waals surface area contributed by atoms with E-state index in [9.17, 15) is 9.90 Å². The van der Waals surface area contributed by atoms with Crippen molar-refractivity contribution in [2.24, 2.45) is 0 Å². The first-order valence-corrected chi connectivity index (χ1v) is 7.01. The van der Waals surface area contributed by atoms with Gasteiger partial charge < -0.3 is 10.4 Å². The van der Waals surface area contributed by atoms with Crippen LogP contribution >= 0.6 is 31.9 Å². The van der Waals surface area contributed by atoms with Gasteiger partial charge in [0.25, 0.3) is 0 Å². The molecule has 0 radical (unpaired) electrons. The number of nitrogens with zero attached hydrogens (tertiary/aromatic N) is 1. The second kappa shape index (κ2) is 6.16. The first-order valence-electron chi connectivity index (χ1n) is 5.42. The number of carbonyl (C=O) groups is 1. The molecule has 0 aliphatic heterocycles. The van der Waals surface area contributed by atoms with Crippen LogP contribution in [0.4, 0.5) is 5.69 Å². The third-order valence-corrected chi connectivity index (χ3v) is 3.39. The Morgan fingerprint density at radius 1 is 1.21 bits per heavy atom. The number of carboxylic acid groups (broad SMARTS) is 1. The van der Waals surface area contributed by atoms with Crippen LogP contribution in [-0.4, -0.2) is 16.1 Å². The first kappa shape index (κ1) is 14.0. The van der Waals surface area contributed by atoms with Crippen molar-refractivity contribution in [1.82, 2.24) is 4.98 Å². The summed E-state index contributed by atoms with van der Waals surface area (Å²) in [6, 6.07) is 9.88. The highest BCUT2D eigenvalue weighted by Gasteiger charge is 2.20. The van der Waals surface area contributed by atoms with E-state index >= 15 is 0 Å². The molecule has 0 fully saturated rings. The van der Waals surface area contributed by atoms with Crippen LogP contribution < -0.4 is 5.32 Å². The van der Waals surface area contributed by atoms with E-state index in [1.54, 1.807) is 24.4 Å². The SMILES string of the molecule is O=C(O)C(Nc1cccc(Br)c1)c1ccc(Br)cn1. The Morgan fingerprint density at radius 3 is 2.58 bits per heavy atom. The van der Waals surface area contributed by atoms with Crippen molar-refractivity contribution < 1.29 is 9.90 Å². The van der Waals surface area contributed by atoms with E-state index in [1.807, 2.05) is 18.2 Å². The molecule has 4 nitrogen and oxygen atoms in total. The fourth-order valence-corrected chi connectivity index (χ4v) is 2.20. The Bertz CT molecular complexity index is 587. The van der Waals surface area contributed by atoms with E-state index in [-0.39, 0.29) is 0 Å². The molecule has 0 aliphatic rings. The van der Waals surface area contributed by atoms with Gasteiger partial charge in [-0.05, 0) is 46.3 Å². The quantitative estimate of drug-likeness (QED) is 0.839. The molecule has 98 valence electrons. The number of hydrogen-bond acceptors (Lipinski definition) is 3. The Morgan fingerprint density at radius 2 is 2.00 bits per heavy atom. The van der Waals surface area contributed by atoms with E-state index in [2.05, 4.69) is 42.2 Å². The second-order valence-corrected chi connectivity index (χ2v) is 5.66. The molecule has 1 aromatic carbocycles. The molecule has 0 aliphatic carbocycles. The number of halogens is 2. The summed E-state index contributed by atoms with van der Waals surface area (Å²) in [4.78, 5) is 15.5. The zero-order chi connectivity index (χ0) is 13.8. The standard InChI is InChI=1S/C13H10Br2N2O2/c14-8-2-1-3-10(6-8)17-12(13(18)19)11-5-4-9(15)7-16-11/h1-7,12,17H,(H,18,19). The molecule has 0 spiro atoms. The molecular weight excluding hydrogens is 376 g/mol. The summed E-state index contributed by atoms with van der Waals surface area (Å²) < 4.78 is 1.69. The van der Waals surface area contributed by atoms with Gasteiger partial charge in [-0.25, -0.2) is 4.79 Å². The number of benzene rings is 1. The van der Waals surface area contributed by atoms with Crippen LogP contribution in [0.1, 0.15) is 11.7 Å². The summed E-state index contributed by atoms with van der Waals surface area (Å²) in [5, 5.41) is 12.2. The zero-order valence-corrected chi connectivity index (χ0v) is 12.8. The maximum Gasteiger partial charge on any atom is 0.332 e. The lowest BCUT2D eigenvalue weighted by molar-refractivity contribution is -0.138.